The van der Waals surface area contributed by atoms with Crippen molar-refractivity contribution >= 4 is 37.5 Å². The molecule has 1 aliphatic carbocycles. The third-order valence-corrected chi connectivity index (χ3v) is 6.41. The third kappa shape index (κ3) is 2.77. The molecular weight excluding hydrogens is 446 g/mol. The highest BCUT2D eigenvalue weighted by Gasteiger charge is 2.38. The first kappa shape index (κ1) is 17.0. The van der Waals surface area contributed by atoms with Crippen molar-refractivity contribution in [2.24, 2.45) is 5.92 Å². The maximum Gasteiger partial charge on any atom is 0.174 e. The van der Waals surface area contributed by atoms with E-state index in [1.807, 2.05) is 0 Å². The van der Waals surface area contributed by atoms with Gasteiger partial charge in [-0.3, -0.25) is 0 Å². The summed E-state index contributed by atoms with van der Waals surface area (Å²) in [7, 11) is 3.33. The van der Waals surface area contributed by atoms with Gasteiger partial charge < -0.3 is 14.8 Å². The number of allylic oxidation sites excluding steroid dienone is 2. The molecule has 0 amide bonds. The second-order valence-corrected chi connectivity index (χ2v) is 8.13. The first-order valence-electron chi connectivity index (χ1n) is 8.27. The summed E-state index contributed by atoms with van der Waals surface area (Å²) in [6.45, 7) is 0. The Hall–Kier alpha value is -1.46. The van der Waals surface area contributed by atoms with Gasteiger partial charge in [0.25, 0.3) is 0 Å². The normalized spacial score (nSPS) is 23.6. The van der Waals surface area contributed by atoms with Crippen LogP contribution in [0.5, 0.6) is 11.5 Å². The van der Waals surface area contributed by atoms with Gasteiger partial charge >= 0.3 is 0 Å². The molecule has 2 aromatic carbocycles. The number of methoxy groups -OCH3 is 2. The van der Waals surface area contributed by atoms with E-state index in [1.165, 1.54) is 16.8 Å². The quantitative estimate of drug-likeness (QED) is 0.560. The van der Waals surface area contributed by atoms with Crippen LogP contribution in [0, 0.1) is 5.92 Å². The second-order valence-electron chi connectivity index (χ2n) is 6.42. The molecule has 0 bridgehead atoms. The number of nitrogens with one attached hydrogen (secondary N) is 1. The topological polar surface area (TPSA) is 30.5 Å². The molecule has 130 valence electrons. The van der Waals surface area contributed by atoms with Crippen LogP contribution in [0.15, 0.2) is 51.4 Å². The van der Waals surface area contributed by atoms with Crippen LogP contribution in [0.4, 0.5) is 5.69 Å². The first-order chi connectivity index (χ1) is 12.1. The average molecular weight is 465 g/mol. The lowest BCUT2D eigenvalue weighted by atomic mass is 9.77. The molecule has 0 saturated heterocycles. The number of benzene rings is 2. The Balaban J connectivity index is 1.82. The summed E-state index contributed by atoms with van der Waals surface area (Å²) in [5.41, 5.74) is 3.75. The van der Waals surface area contributed by atoms with Gasteiger partial charge in [0.1, 0.15) is 0 Å². The summed E-state index contributed by atoms with van der Waals surface area (Å²) in [5, 5.41) is 3.76. The minimum Gasteiger partial charge on any atom is -0.493 e. The number of fused-ring (bicyclic) bond motifs is 3. The van der Waals surface area contributed by atoms with Crippen LogP contribution in [-0.2, 0) is 0 Å². The largest absolute Gasteiger partial charge is 0.493 e. The molecular formula is C20H19Br2NO2. The van der Waals surface area contributed by atoms with E-state index < -0.39 is 0 Å². The average Bonchev–Trinajstić information content (AvgIpc) is 3.10. The molecule has 0 saturated carbocycles. The molecule has 3 atom stereocenters. The number of ether oxygens (including phenoxy) is 2. The predicted octanol–water partition coefficient (Wildman–Crippen LogP) is 6.06. The Labute approximate surface area is 164 Å². The van der Waals surface area contributed by atoms with Crippen LogP contribution < -0.4 is 14.8 Å². The lowest BCUT2D eigenvalue weighted by molar-refractivity contribution is 0.351. The zero-order chi connectivity index (χ0) is 17.6. The summed E-state index contributed by atoms with van der Waals surface area (Å²) in [6.07, 6.45) is 5.72. The van der Waals surface area contributed by atoms with Gasteiger partial charge in [0, 0.05) is 10.4 Å². The molecule has 1 heterocycles. The summed E-state index contributed by atoms with van der Waals surface area (Å²) in [5.74, 6) is 2.40. The van der Waals surface area contributed by atoms with Crippen molar-refractivity contribution in [2.75, 3.05) is 19.5 Å². The highest BCUT2D eigenvalue weighted by molar-refractivity contribution is 9.11. The smallest absolute Gasteiger partial charge is 0.174 e. The monoisotopic (exact) mass is 463 g/mol. The lowest BCUT2D eigenvalue weighted by Crippen LogP contribution is -2.29. The van der Waals surface area contributed by atoms with Crippen LogP contribution in [0.1, 0.15) is 29.5 Å². The molecule has 3 nitrogen and oxygen atoms in total. The highest BCUT2D eigenvalue weighted by atomic mass is 79.9. The number of hydrogen-bond acceptors (Lipinski definition) is 3. The summed E-state index contributed by atoms with van der Waals surface area (Å²) < 4.78 is 13.0. The molecule has 1 N–H and O–H groups in total. The summed E-state index contributed by atoms with van der Waals surface area (Å²) in [6, 6.07) is 10.9. The fourth-order valence-electron chi connectivity index (χ4n) is 4.03. The standard InChI is InChI=1S/C20H19Br2NO2/c1-24-17-10-11(9-16(22)20(17)25-2)18-13-6-3-5-12(13)14-7-4-8-15(21)19(14)23-18/h3-5,7-10,12-13,18,23H,6H2,1-2H3/t12-,13+,18-/m0/s1. The predicted molar refractivity (Wildman–Crippen MR) is 108 cm³/mol. The SMILES string of the molecule is COc1cc([C@@H]2Nc3c(Br)cccc3[C@H]3C=CC[C@H]32)cc(Br)c1OC. The first-order valence-corrected chi connectivity index (χ1v) is 9.85. The number of anilines is 1. The van der Waals surface area contributed by atoms with Crippen molar-refractivity contribution in [3.63, 3.8) is 0 Å². The fourth-order valence-corrected chi connectivity index (χ4v) is 5.15. The van der Waals surface area contributed by atoms with Crippen LogP contribution >= 0.6 is 31.9 Å². The van der Waals surface area contributed by atoms with Gasteiger partial charge in [-0.25, -0.2) is 0 Å². The molecule has 0 unspecified atom stereocenters. The Morgan fingerprint density at radius 2 is 1.92 bits per heavy atom. The Morgan fingerprint density at radius 1 is 1.08 bits per heavy atom. The lowest BCUT2D eigenvalue weighted by Gasteiger charge is -2.38. The number of para-hydroxylation sites is 1. The van der Waals surface area contributed by atoms with Crippen molar-refractivity contribution < 1.29 is 9.47 Å². The van der Waals surface area contributed by atoms with Gasteiger partial charge in [0.2, 0.25) is 0 Å². The number of halogens is 2. The van der Waals surface area contributed by atoms with Crippen LogP contribution in [0.2, 0.25) is 0 Å². The highest BCUT2D eigenvalue weighted by Crippen LogP contribution is 2.52. The number of hydrogen-bond donors (Lipinski definition) is 1. The van der Waals surface area contributed by atoms with Gasteiger partial charge in [0.05, 0.1) is 30.4 Å². The molecule has 1 aliphatic heterocycles. The molecule has 4 rings (SSSR count). The Morgan fingerprint density at radius 3 is 2.68 bits per heavy atom. The molecule has 0 fully saturated rings. The summed E-state index contributed by atoms with van der Waals surface area (Å²) in [4.78, 5) is 0. The third-order valence-electron chi connectivity index (χ3n) is 5.16. The van der Waals surface area contributed by atoms with Crippen molar-refractivity contribution in [3.05, 3.63) is 62.6 Å². The van der Waals surface area contributed by atoms with Crippen LogP contribution in [0.25, 0.3) is 0 Å². The summed E-state index contributed by atoms with van der Waals surface area (Å²) >= 11 is 7.33. The van der Waals surface area contributed by atoms with Gasteiger partial charge in [-0.05, 0) is 73.5 Å². The van der Waals surface area contributed by atoms with Crippen molar-refractivity contribution in [1.29, 1.82) is 0 Å². The van der Waals surface area contributed by atoms with Gasteiger partial charge in [-0.1, -0.05) is 24.3 Å². The zero-order valence-electron chi connectivity index (χ0n) is 14.1. The molecule has 25 heavy (non-hydrogen) atoms. The van der Waals surface area contributed by atoms with Crippen molar-refractivity contribution in [3.8, 4) is 11.5 Å². The van der Waals surface area contributed by atoms with Gasteiger partial charge in [-0.2, -0.15) is 0 Å². The van der Waals surface area contributed by atoms with Crippen molar-refractivity contribution in [2.45, 2.75) is 18.4 Å². The Kier molecular flexibility index (Phi) is 4.54. The van der Waals surface area contributed by atoms with E-state index in [-0.39, 0.29) is 6.04 Å². The Bertz CT molecular complexity index is 850. The molecule has 0 aromatic heterocycles. The van der Waals surface area contributed by atoms with E-state index in [2.05, 4.69) is 79.7 Å². The molecule has 2 aliphatic rings. The molecule has 5 heteroatoms. The maximum absolute atomic E-state index is 5.55. The zero-order valence-corrected chi connectivity index (χ0v) is 17.2. The van der Waals surface area contributed by atoms with Crippen molar-refractivity contribution in [1.82, 2.24) is 0 Å². The fraction of sp³-hybridized carbons (Fsp3) is 0.300. The van der Waals surface area contributed by atoms with E-state index in [0.29, 0.717) is 11.8 Å². The van der Waals surface area contributed by atoms with E-state index in [9.17, 15) is 0 Å². The minimum absolute atomic E-state index is 0.210. The van der Waals surface area contributed by atoms with Gasteiger partial charge in [-0.15, -0.1) is 0 Å². The molecule has 0 spiro atoms. The number of rotatable bonds is 3. The van der Waals surface area contributed by atoms with E-state index in [1.54, 1.807) is 14.2 Å². The van der Waals surface area contributed by atoms with E-state index >= 15 is 0 Å². The molecule has 2 aromatic rings. The van der Waals surface area contributed by atoms with Crippen LogP contribution in [0.3, 0.4) is 0 Å². The minimum atomic E-state index is 0.210. The second kappa shape index (κ2) is 6.69. The van der Waals surface area contributed by atoms with E-state index in [0.717, 1.165) is 26.9 Å². The van der Waals surface area contributed by atoms with E-state index in [4.69, 9.17) is 9.47 Å². The maximum atomic E-state index is 5.55. The van der Waals surface area contributed by atoms with Crippen LogP contribution in [-0.4, -0.2) is 14.2 Å². The molecule has 0 radical (unpaired) electrons. The van der Waals surface area contributed by atoms with Gasteiger partial charge in [0.15, 0.2) is 11.5 Å².